The molecule has 0 heterocycles. The van der Waals surface area contributed by atoms with E-state index < -0.39 is 0 Å². The summed E-state index contributed by atoms with van der Waals surface area (Å²) >= 11 is 0. The van der Waals surface area contributed by atoms with Gasteiger partial charge in [-0.1, -0.05) is 62.4 Å². The Hall–Kier alpha value is -1.89. The van der Waals surface area contributed by atoms with E-state index >= 15 is 0 Å². The van der Waals surface area contributed by atoms with Crippen LogP contribution in [0.1, 0.15) is 31.9 Å². The normalized spacial score (nSPS) is 10.8. The molecule has 0 radical (unpaired) electrons. The molecular weight excluding hydrogens is 244 g/mol. The summed E-state index contributed by atoms with van der Waals surface area (Å²) < 4.78 is 0. The first-order chi connectivity index (χ1) is 9.54. The van der Waals surface area contributed by atoms with Crippen molar-refractivity contribution in [2.75, 3.05) is 0 Å². The Labute approximate surface area is 121 Å². The Morgan fingerprint density at radius 2 is 1.30 bits per heavy atom. The molecule has 0 N–H and O–H groups in total. The molecule has 0 saturated carbocycles. The van der Waals surface area contributed by atoms with Gasteiger partial charge in [-0.15, -0.1) is 0 Å². The predicted octanol–water partition coefficient (Wildman–Crippen LogP) is 4.68. The molecule has 0 bridgehead atoms. The molecule has 0 aliphatic heterocycles. The summed E-state index contributed by atoms with van der Waals surface area (Å²) in [6.07, 6.45) is 1.64. The number of hydrogen-bond acceptors (Lipinski definition) is 1. The van der Waals surface area contributed by atoms with E-state index in [0.717, 1.165) is 12.0 Å². The number of Topliss-reactive ketones (excluding diaryl/α,β-unsaturated/α-hetero) is 1. The highest BCUT2D eigenvalue weighted by Gasteiger charge is 2.02. The van der Waals surface area contributed by atoms with Crippen LogP contribution in [0.2, 0.25) is 0 Å². The fourth-order valence-corrected chi connectivity index (χ4v) is 2.41. The van der Waals surface area contributed by atoms with Crippen molar-refractivity contribution < 1.29 is 4.79 Å². The molecule has 104 valence electrons. The maximum atomic E-state index is 11.1. The number of carbonyl (C=O) groups excluding carboxylic acids is 1. The van der Waals surface area contributed by atoms with Crippen LogP contribution in [0.3, 0.4) is 0 Å². The standard InChI is InChI=1S/C19H22O/c1-14(2)12-16-4-8-18(9-5-16)19-10-6-17(7-11-19)13-15(3)20/h4-11,14H,12-13H2,1-3H3. The van der Waals surface area contributed by atoms with Crippen LogP contribution in [0.4, 0.5) is 0 Å². The Bertz CT molecular complexity index is 562. The van der Waals surface area contributed by atoms with Crippen LogP contribution < -0.4 is 0 Å². The molecule has 2 aromatic rings. The third kappa shape index (κ3) is 4.06. The Kier molecular flexibility index (Phi) is 4.73. The molecule has 0 spiro atoms. The van der Waals surface area contributed by atoms with Gasteiger partial charge >= 0.3 is 0 Å². The lowest BCUT2D eigenvalue weighted by Crippen LogP contribution is -1.95. The first-order valence-electron chi connectivity index (χ1n) is 7.22. The summed E-state index contributed by atoms with van der Waals surface area (Å²) in [5.74, 6) is 0.891. The lowest BCUT2D eigenvalue weighted by atomic mass is 9.98. The van der Waals surface area contributed by atoms with Crippen molar-refractivity contribution in [2.45, 2.75) is 33.6 Å². The van der Waals surface area contributed by atoms with Gasteiger partial charge in [-0.05, 0) is 41.5 Å². The first kappa shape index (κ1) is 14.5. The van der Waals surface area contributed by atoms with E-state index in [-0.39, 0.29) is 5.78 Å². The monoisotopic (exact) mass is 266 g/mol. The zero-order chi connectivity index (χ0) is 14.5. The van der Waals surface area contributed by atoms with E-state index in [4.69, 9.17) is 0 Å². The molecule has 1 heteroatoms. The molecule has 2 aromatic carbocycles. The van der Waals surface area contributed by atoms with Gasteiger partial charge in [0.1, 0.15) is 5.78 Å². The summed E-state index contributed by atoms with van der Waals surface area (Å²) in [7, 11) is 0. The minimum atomic E-state index is 0.204. The quantitative estimate of drug-likeness (QED) is 0.767. The Balaban J connectivity index is 2.13. The van der Waals surface area contributed by atoms with Crippen LogP contribution in [-0.2, 0) is 17.6 Å². The third-order valence-corrected chi connectivity index (χ3v) is 3.34. The maximum absolute atomic E-state index is 11.1. The van der Waals surface area contributed by atoms with Gasteiger partial charge in [0.05, 0.1) is 0 Å². The highest BCUT2D eigenvalue weighted by Crippen LogP contribution is 2.21. The van der Waals surface area contributed by atoms with Crippen molar-refractivity contribution in [1.29, 1.82) is 0 Å². The summed E-state index contributed by atoms with van der Waals surface area (Å²) in [6.45, 7) is 6.10. The number of hydrogen-bond donors (Lipinski definition) is 0. The van der Waals surface area contributed by atoms with Crippen molar-refractivity contribution >= 4 is 5.78 Å². The average molecular weight is 266 g/mol. The number of ketones is 1. The van der Waals surface area contributed by atoms with Gasteiger partial charge in [0.2, 0.25) is 0 Å². The van der Waals surface area contributed by atoms with Crippen molar-refractivity contribution in [3.63, 3.8) is 0 Å². The fraction of sp³-hybridized carbons (Fsp3) is 0.316. The maximum Gasteiger partial charge on any atom is 0.134 e. The van der Waals surface area contributed by atoms with Gasteiger partial charge in [0.25, 0.3) is 0 Å². The minimum absolute atomic E-state index is 0.204. The van der Waals surface area contributed by atoms with E-state index in [1.54, 1.807) is 6.92 Å². The molecule has 0 unspecified atom stereocenters. The number of rotatable bonds is 5. The second-order valence-corrected chi connectivity index (χ2v) is 5.87. The highest BCUT2D eigenvalue weighted by molar-refractivity contribution is 5.78. The van der Waals surface area contributed by atoms with Gasteiger partial charge in [-0.25, -0.2) is 0 Å². The van der Waals surface area contributed by atoms with Crippen molar-refractivity contribution in [2.24, 2.45) is 5.92 Å². The van der Waals surface area contributed by atoms with E-state index in [1.807, 2.05) is 12.1 Å². The second kappa shape index (κ2) is 6.51. The molecule has 1 nitrogen and oxygen atoms in total. The predicted molar refractivity (Wildman–Crippen MR) is 84.8 cm³/mol. The average Bonchev–Trinajstić information content (AvgIpc) is 2.39. The SMILES string of the molecule is CC(=O)Cc1ccc(-c2ccc(CC(C)C)cc2)cc1. The molecule has 0 atom stereocenters. The van der Waals surface area contributed by atoms with Gasteiger partial charge < -0.3 is 0 Å². The first-order valence-corrected chi connectivity index (χ1v) is 7.22. The van der Waals surface area contributed by atoms with E-state index in [2.05, 4.69) is 50.2 Å². The van der Waals surface area contributed by atoms with E-state index in [1.165, 1.54) is 16.7 Å². The third-order valence-electron chi connectivity index (χ3n) is 3.34. The largest absolute Gasteiger partial charge is 0.300 e. The molecule has 0 aliphatic carbocycles. The Morgan fingerprint density at radius 3 is 1.70 bits per heavy atom. The molecule has 20 heavy (non-hydrogen) atoms. The topological polar surface area (TPSA) is 17.1 Å². The molecular formula is C19H22O. The van der Waals surface area contributed by atoms with Crippen LogP contribution >= 0.6 is 0 Å². The molecule has 0 amide bonds. The smallest absolute Gasteiger partial charge is 0.134 e. The summed E-state index contributed by atoms with van der Waals surface area (Å²) in [6, 6.07) is 17.0. The van der Waals surface area contributed by atoms with Crippen LogP contribution in [0.5, 0.6) is 0 Å². The molecule has 0 fully saturated rings. The van der Waals surface area contributed by atoms with Crippen LogP contribution in [0.15, 0.2) is 48.5 Å². The fourth-order valence-electron chi connectivity index (χ4n) is 2.41. The van der Waals surface area contributed by atoms with Crippen LogP contribution in [-0.4, -0.2) is 5.78 Å². The number of benzene rings is 2. The van der Waals surface area contributed by atoms with Crippen molar-refractivity contribution in [1.82, 2.24) is 0 Å². The van der Waals surface area contributed by atoms with Gasteiger partial charge in [0, 0.05) is 6.42 Å². The lowest BCUT2D eigenvalue weighted by Gasteiger charge is -2.07. The van der Waals surface area contributed by atoms with Crippen LogP contribution in [0, 0.1) is 5.92 Å². The number of carbonyl (C=O) groups is 1. The molecule has 0 saturated heterocycles. The van der Waals surface area contributed by atoms with Gasteiger partial charge in [-0.3, -0.25) is 4.79 Å². The summed E-state index contributed by atoms with van der Waals surface area (Å²) in [5, 5.41) is 0. The van der Waals surface area contributed by atoms with Crippen molar-refractivity contribution in [3.05, 3.63) is 59.7 Å². The van der Waals surface area contributed by atoms with E-state index in [0.29, 0.717) is 12.3 Å². The van der Waals surface area contributed by atoms with Gasteiger partial charge in [0.15, 0.2) is 0 Å². The Morgan fingerprint density at radius 1 is 0.850 bits per heavy atom. The summed E-state index contributed by atoms with van der Waals surface area (Å²) in [4.78, 5) is 11.1. The van der Waals surface area contributed by atoms with E-state index in [9.17, 15) is 4.79 Å². The van der Waals surface area contributed by atoms with Gasteiger partial charge in [-0.2, -0.15) is 0 Å². The second-order valence-electron chi connectivity index (χ2n) is 5.87. The van der Waals surface area contributed by atoms with Crippen LogP contribution in [0.25, 0.3) is 11.1 Å². The van der Waals surface area contributed by atoms with Crippen molar-refractivity contribution in [3.8, 4) is 11.1 Å². The summed E-state index contributed by atoms with van der Waals surface area (Å²) in [5.41, 5.74) is 4.90. The molecule has 0 aliphatic rings. The molecule has 0 aromatic heterocycles. The minimum Gasteiger partial charge on any atom is -0.300 e. The molecule has 2 rings (SSSR count). The zero-order valence-electron chi connectivity index (χ0n) is 12.5. The lowest BCUT2D eigenvalue weighted by molar-refractivity contribution is -0.116. The zero-order valence-corrected chi connectivity index (χ0v) is 12.5. The highest BCUT2D eigenvalue weighted by atomic mass is 16.1.